The van der Waals surface area contributed by atoms with Gasteiger partial charge < -0.3 is 15.1 Å². The summed E-state index contributed by atoms with van der Waals surface area (Å²) in [5.74, 6) is 0.959. The van der Waals surface area contributed by atoms with Crippen molar-refractivity contribution in [2.75, 3.05) is 38.5 Å². The highest BCUT2D eigenvalue weighted by Crippen LogP contribution is 2.33. The van der Waals surface area contributed by atoms with Gasteiger partial charge in [0.1, 0.15) is 0 Å². The van der Waals surface area contributed by atoms with Gasteiger partial charge in [0, 0.05) is 42.5 Å². The quantitative estimate of drug-likeness (QED) is 0.809. The predicted octanol–water partition coefficient (Wildman–Crippen LogP) is 2.99. The lowest BCUT2D eigenvalue weighted by atomic mass is 10.0. The van der Waals surface area contributed by atoms with Crippen molar-refractivity contribution in [1.82, 2.24) is 9.80 Å². The molecule has 2 heterocycles. The second kappa shape index (κ2) is 6.08. The highest BCUT2D eigenvalue weighted by molar-refractivity contribution is 6.31. The Morgan fingerprint density at radius 3 is 2.76 bits per heavy atom. The third kappa shape index (κ3) is 3.06. The number of nitrogens with one attached hydrogen (secondary N) is 1. The van der Waals surface area contributed by atoms with E-state index in [9.17, 15) is 0 Å². The molecule has 2 aliphatic heterocycles. The largest absolute Gasteiger partial charge is 0.340 e. The predicted molar refractivity (Wildman–Crippen MR) is 89.1 cm³/mol. The lowest BCUT2D eigenvalue weighted by molar-refractivity contribution is 0.214. The molecule has 1 aromatic rings. The van der Waals surface area contributed by atoms with Gasteiger partial charge in [-0.05, 0) is 26.1 Å². The summed E-state index contributed by atoms with van der Waals surface area (Å²) in [4.78, 5) is 9.54. The highest BCUT2D eigenvalue weighted by atomic mass is 35.5. The van der Waals surface area contributed by atoms with Crippen LogP contribution in [-0.2, 0) is 0 Å². The third-order valence-electron chi connectivity index (χ3n) is 4.02. The smallest absolute Gasteiger partial charge is 0.199 e. The van der Waals surface area contributed by atoms with Crippen LogP contribution in [0.5, 0.6) is 0 Å². The van der Waals surface area contributed by atoms with E-state index in [4.69, 9.17) is 16.6 Å². The van der Waals surface area contributed by atoms with Crippen molar-refractivity contribution in [3.05, 3.63) is 40.9 Å². The van der Waals surface area contributed by atoms with Crippen LogP contribution in [0.2, 0.25) is 5.02 Å². The number of allylic oxidation sites excluding steroid dienone is 1. The van der Waals surface area contributed by atoms with Gasteiger partial charge in [-0.2, -0.15) is 0 Å². The van der Waals surface area contributed by atoms with Crippen LogP contribution in [0.4, 0.5) is 5.69 Å². The molecule has 3 rings (SSSR count). The van der Waals surface area contributed by atoms with Gasteiger partial charge in [0.25, 0.3) is 0 Å². The first-order chi connectivity index (χ1) is 10.2. The van der Waals surface area contributed by atoms with Crippen LogP contribution in [-0.4, -0.2) is 49.0 Å². The first kappa shape index (κ1) is 14.4. The third-order valence-corrected chi connectivity index (χ3v) is 4.25. The molecule has 1 aromatic carbocycles. The van der Waals surface area contributed by atoms with Crippen LogP contribution < -0.4 is 5.32 Å². The van der Waals surface area contributed by atoms with Crippen LogP contribution in [0.15, 0.2) is 35.3 Å². The van der Waals surface area contributed by atoms with Gasteiger partial charge in [0.2, 0.25) is 0 Å². The van der Waals surface area contributed by atoms with Crippen molar-refractivity contribution < 1.29 is 0 Å². The Morgan fingerprint density at radius 1 is 1.29 bits per heavy atom. The maximum absolute atomic E-state index is 6.14. The summed E-state index contributed by atoms with van der Waals surface area (Å²) in [6, 6.07) is 6.03. The van der Waals surface area contributed by atoms with Crippen molar-refractivity contribution >= 4 is 23.2 Å². The van der Waals surface area contributed by atoms with Gasteiger partial charge in [-0.1, -0.05) is 29.8 Å². The molecule has 1 saturated heterocycles. The van der Waals surface area contributed by atoms with Gasteiger partial charge in [-0.3, -0.25) is 0 Å². The highest BCUT2D eigenvalue weighted by Gasteiger charge is 2.24. The number of piperazine rings is 1. The fourth-order valence-corrected chi connectivity index (χ4v) is 2.93. The molecule has 5 heteroatoms. The van der Waals surface area contributed by atoms with E-state index in [2.05, 4.69) is 40.4 Å². The Labute approximate surface area is 131 Å². The normalized spacial score (nSPS) is 22.9. The van der Waals surface area contributed by atoms with E-state index in [0.717, 1.165) is 42.8 Å². The van der Waals surface area contributed by atoms with Gasteiger partial charge in [-0.25, -0.2) is 4.99 Å². The van der Waals surface area contributed by atoms with Crippen molar-refractivity contribution in [2.24, 2.45) is 4.99 Å². The molecule has 1 unspecified atom stereocenters. The van der Waals surface area contributed by atoms with Crippen molar-refractivity contribution in [1.29, 1.82) is 0 Å². The molecular formula is C16H21ClN4. The minimum atomic E-state index is 0.0678. The summed E-state index contributed by atoms with van der Waals surface area (Å²) in [6.07, 6.45) is 4.18. The molecule has 0 aliphatic carbocycles. The van der Waals surface area contributed by atoms with E-state index >= 15 is 0 Å². The zero-order valence-electron chi connectivity index (χ0n) is 12.5. The molecule has 0 bridgehead atoms. The summed E-state index contributed by atoms with van der Waals surface area (Å²) in [6.45, 7) is 6.17. The molecule has 0 radical (unpaired) electrons. The van der Waals surface area contributed by atoms with Crippen molar-refractivity contribution in [3.63, 3.8) is 0 Å². The van der Waals surface area contributed by atoms with Crippen LogP contribution in [0.3, 0.4) is 0 Å². The number of nitrogens with zero attached hydrogens (tertiary/aromatic N) is 3. The van der Waals surface area contributed by atoms with E-state index in [-0.39, 0.29) is 6.04 Å². The van der Waals surface area contributed by atoms with E-state index in [1.54, 1.807) is 0 Å². The second-order valence-electron chi connectivity index (χ2n) is 5.57. The zero-order chi connectivity index (χ0) is 14.8. The topological polar surface area (TPSA) is 30.9 Å². The van der Waals surface area contributed by atoms with Gasteiger partial charge in [0.15, 0.2) is 5.96 Å². The average Bonchev–Trinajstić information content (AvgIpc) is 2.47. The summed E-state index contributed by atoms with van der Waals surface area (Å²) >= 11 is 6.14. The Bertz CT molecular complexity index is 574. The Kier molecular flexibility index (Phi) is 4.17. The van der Waals surface area contributed by atoms with E-state index in [1.807, 2.05) is 19.1 Å². The maximum atomic E-state index is 6.14. The Hall–Kier alpha value is -1.52. The fourth-order valence-electron chi connectivity index (χ4n) is 2.76. The summed E-state index contributed by atoms with van der Waals surface area (Å²) in [5.41, 5.74) is 2.24. The minimum Gasteiger partial charge on any atom is -0.340 e. The number of anilines is 1. The first-order valence-electron chi connectivity index (χ1n) is 7.38. The van der Waals surface area contributed by atoms with E-state index in [0.29, 0.717) is 0 Å². The number of rotatable bonds is 1. The molecule has 0 aromatic heterocycles. The van der Waals surface area contributed by atoms with Gasteiger partial charge in [-0.15, -0.1) is 0 Å². The maximum Gasteiger partial charge on any atom is 0.199 e. The average molecular weight is 305 g/mol. The lowest BCUT2D eigenvalue weighted by Gasteiger charge is -2.37. The summed E-state index contributed by atoms with van der Waals surface area (Å²) in [7, 11) is 2.16. The molecule has 1 atom stereocenters. The fraction of sp³-hybridized carbons (Fsp3) is 0.438. The molecule has 21 heavy (non-hydrogen) atoms. The number of guanidine groups is 1. The molecule has 1 fully saturated rings. The number of likely N-dealkylation sites (N-methyl/N-ethyl adjacent to an activating group) is 1. The monoisotopic (exact) mass is 304 g/mol. The van der Waals surface area contributed by atoms with Crippen LogP contribution in [0, 0.1) is 0 Å². The molecule has 4 nitrogen and oxygen atoms in total. The number of benzene rings is 1. The van der Waals surface area contributed by atoms with Crippen molar-refractivity contribution in [3.8, 4) is 0 Å². The van der Waals surface area contributed by atoms with Crippen LogP contribution in [0.1, 0.15) is 18.5 Å². The number of halogens is 1. The standard InChI is InChI=1S/C16H21ClN4/c1-3-4-14-13-6-5-12(17)11-15(13)19-16(18-14)21-9-7-20(2)8-10-21/h3-6,11,14H,7-10H2,1-2H3,(H,18,19)/b4-3+. The number of aliphatic imine (C=N–C) groups is 1. The van der Waals surface area contributed by atoms with Gasteiger partial charge >= 0.3 is 0 Å². The van der Waals surface area contributed by atoms with Gasteiger partial charge in [0.05, 0.1) is 6.04 Å². The zero-order valence-corrected chi connectivity index (χ0v) is 13.3. The SMILES string of the molecule is C/C=C/C1N=C(N2CCN(C)CC2)Nc2cc(Cl)ccc21. The first-order valence-corrected chi connectivity index (χ1v) is 7.76. The van der Waals surface area contributed by atoms with E-state index in [1.165, 1.54) is 5.56 Å². The molecular weight excluding hydrogens is 284 g/mol. The Balaban J connectivity index is 1.89. The number of hydrogen-bond donors (Lipinski definition) is 1. The minimum absolute atomic E-state index is 0.0678. The van der Waals surface area contributed by atoms with Crippen LogP contribution in [0.25, 0.3) is 0 Å². The molecule has 2 aliphatic rings. The van der Waals surface area contributed by atoms with E-state index < -0.39 is 0 Å². The number of fused-ring (bicyclic) bond motifs is 1. The molecule has 0 spiro atoms. The molecule has 112 valence electrons. The summed E-state index contributed by atoms with van der Waals surface area (Å²) in [5, 5.41) is 4.20. The lowest BCUT2D eigenvalue weighted by Crippen LogP contribution is -2.50. The van der Waals surface area contributed by atoms with Crippen molar-refractivity contribution in [2.45, 2.75) is 13.0 Å². The Morgan fingerprint density at radius 2 is 2.05 bits per heavy atom. The molecule has 0 amide bonds. The molecule has 1 N–H and O–H groups in total. The van der Waals surface area contributed by atoms with Crippen LogP contribution >= 0.6 is 11.6 Å². The second-order valence-corrected chi connectivity index (χ2v) is 6.01. The summed E-state index contributed by atoms with van der Waals surface area (Å²) < 4.78 is 0. The number of hydrogen-bond acceptors (Lipinski definition) is 4. The molecule has 0 saturated carbocycles.